The molecular formula is C11H9FN2O2. The third-order valence-electron chi connectivity index (χ3n) is 2.11. The van der Waals surface area contributed by atoms with E-state index in [0.717, 1.165) is 0 Å². The van der Waals surface area contributed by atoms with Gasteiger partial charge in [0.05, 0.1) is 7.11 Å². The fourth-order valence-electron chi connectivity index (χ4n) is 1.38. The van der Waals surface area contributed by atoms with Gasteiger partial charge in [-0.15, -0.1) is 0 Å². The Morgan fingerprint density at radius 2 is 2.19 bits per heavy atom. The number of hydrogen-bond donors (Lipinski definition) is 0. The summed E-state index contributed by atoms with van der Waals surface area (Å²) in [4.78, 5) is 10.6. The number of rotatable bonds is 3. The predicted molar refractivity (Wildman–Crippen MR) is 55.5 cm³/mol. The molecule has 0 aliphatic rings. The molecule has 82 valence electrons. The van der Waals surface area contributed by atoms with Gasteiger partial charge in [-0.25, -0.2) is 4.39 Å². The van der Waals surface area contributed by atoms with Crippen LogP contribution in [0.25, 0.3) is 5.69 Å². The van der Waals surface area contributed by atoms with Gasteiger partial charge < -0.3 is 4.74 Å². The number of ether oxygens (including phenoxy) is 1. The van der Waals surface area contributed by atoms with Gasteiger partial charge in [-0.3, -0.25) is 4.79 Å². The molecule has 2 aromatic rings. The van der Waals surface area contributed by atoms with Crippen LogP contribution >= 0.6 is 0 Å². The monoisotopic (exact) mass is 220 g/mol. The van der Waals surface area contributed by atoms with Crippen LogP contribution in [0.2, 0.25) is 0 Å². The highest BCUT2D eigenvalue weighted by Gasteiger charge is 2.12. The second kappa shape index (κ2) is 4.14. The molecule has 1 aromatic heterocycles. The summed E-state index contributed by atoms with van der Waals surface area (Å²) in [6.07, 6.45) is 0.583. The van der Waals surface area contributed by atoms with Crippen molar-refractivity contribution in [1.29, 1.82) is 0 Å². The molecule has 0 N–H and O–H groups in total. The van der Waals surface area contributed by atoms with Crippen molar-refractivity contribution in [3.05, 3.63) is 41.8 Å². The van der Waals surface area contributed by atoms with Crippen molar-refractivity contribution in [3.8, 4) is 11.6 Å². The van der Waals surface area contributed by atoms with Crippen molar-refractivity contribution in [3.63, 3.8) is 0 Å². The van der Waals surface area contributed by atoms with Crippen molar-refractivity contribution in [2.75, 3.05) is 7.11 Å². The summed E-state index contributed by atoms with van der Waals surface area (Å²) in [7, 11) is 1.43. The van der Waals surface area contributed by atoms with E-state index in [2.05, 4.69) is 5.10 Å². The first-order chi connectivity index (χ1) is 7.76. The predicted octanol–water partition coefficient (Wildman–Crippen LogP) is 1.83. The van der Waals surface area contributed by atoms with Crippen molar-refractivity contribution < 1.29 is 13.9 Å². The first-order valence-electron chi connectivity index (χ1n) is 4.60. The van der Waals surface area contributed by atoms with E-state index in [4.69, 9.17) is 4.74 Å². The molecule has 0 bridgehead atoms. The van der Waals surface area contributed by atoms with Crippen LogP contribution in [0.15, 0.2) is 30.3 Å². The molecule has 0 saturated carbocycles. The Bertz CT molecular complexity index is 522. The molecule has 2 rings (SSSR count). The molecule has 1 aromatic carbocycles. The number of methoxy groups -OCH3 is 1. The molecule has 5 heteroatoms. The Hall–Kier alpha value is -2.17. The van der Waals surface area contributed by atoms with E-state index in [1.807, 2.05) is 0 Å². The van der Waals surface area contributed by atoms with Crippen molar-refractivity contribution in [2.45, 2.75) is 0 Å². The van der Waals surface area contributed by atoms with Crippen LogP contribution in [0.4, 0.5) is 4.39 Å². The van der Waals surface area contributed by atoms with E-state index in [1.165, 1.54) is 23.9 Å². The lowest BCUT2D eigenvalue weighted by molar-refractivity contribution is 0.111. The van der Waals surface area contributed by atoms with Gasteiger partial charge in [0.2, 0.25) is 5.88 Å². The molecule has 0 atom stereocenters. The Balaban J connectivity index is 2.59. The summed E-state index contributed by atoms with van der Waals surface area (Å²) >= 11 is 0. The van der Waals surface area contributed by atoms with Gasteiger partial charge in [0.1, 0.15) is 17.2 Å². The van der Waals surface area contributed by atoms with Crippen LogP contribution in [0, 0.1) is 5.82 Å². The summed E-state index contributed by atoms with van der Waals surface area (Å²) in [5, 5.41) is 3.91. The van der Waals surface area contributed by atoms with Gasteiger partial charge in [0, 0.05) is 6.07 Å². The molecule has 1 heterocycles. The Kier molecular flexibility index (Phi) is 2.68. The summed E-state index contributed by atoms with van der Waals surface area (Å²) in [6.45, 7) is 0. The fourth-order valence-corrected chi connectivity index (χ4v) is 1.38. The smallest absolute Gasteiger partial charge is 0.217 e. The summed E-state index contributed by atoms with van der Waals surface area (Å²) in [6, 6.07) is 7.57. The van der Waals surface area contributed by atoms with Gasteiger partial charge in [-0.2, -0.15) is 9.78 Å². The number of aromatic nitrogens is 2. The summed E-state index contributed by atoms with van der Waals surface area (Å²) < 4.78 is 19.8. The number of nitrogens with zero attached hydrogens (tertiary/aromatic N) is 2. The highest BCUT2D eigenvalue weighted by molar-refractivity contribution is 5.72. The fraction of sp³-hybridized carbons (Fsp3) is 0.0909. The number of aldehydes is 1. The average molecular weight is 220 g/mol. The van der Waals surface area contributed by atoms with Crippen LogP contribution in [0.1, 0.15) is 10.5 Å². The van der Waals surface area contributed by atoms with E-state index >= 15 is 0 Å². The molecular weight excluding hydrogens is 211 g/mol. The zero-order valence-electron chi connectivity index (χ0n) is 8.55. The molecule has 0 unspecified atom stereocenters. The van der Waals surface area contributed by atoms with E-state index in [-0.39, 0.29) is 11.4 Å². The number of para-hydroxylation sites is 1. The Morgan fingerprint density at radius 1 is 1.44 bits per heavy atom. The minimum Gasteiger partial charge on any atom is -0.481 e. The van der Waals surface area contributed by atoms with Crippen molar-refractivity contribution in [2.24, 2.45) is 0 Å². The van der Waals surface area contributed by atoms with Gasteiger partial charge in [-0.1, -0.05) is 12.1 Å². The maximum Gasteiger partial charge on any atom is 0.217 e. The minimum atomic E-state index is -0.429. The first-order valence-corrected chi connectivity index (χ1v) is 4.60. The normalized spacial score (nSPS) is 10.1. The molecule has 0 fully saturated rings. The quantitative estimate of drug-likeness (QED) is 0.741. The van der Waals surface area contributed by atoms with Crippen molar-refractivity contribution >= 4 is 6.29 Å². The Labute approximate surface area is 91.3 Å². The highest BCUT2D eigenvalue weighted by Crippen LogP contribution is 2.20. The lowest BCUT2D eigenvalue weighted by atomic mass is 10.3. The lowest BCUT2D eigenvalue weighted by Crippen LogP contribution is -2.02. The molecule has 0 radical (unpaired) electrons. The summed E-state index contributed by atoms with van der Waals surface area (Å²) in [5.41, 5.74) is 0.438. The van der Waals surface area contributed by atoms with Crippen molar-refractivity contribution in [1.82, 2.24) is 9.78 Å². The maximum atomic E-state index is 13.5. The SMILES string of the molecule is COc1cc(C=O)nn1-c1ccccc1F. The maximum absolute atomic E-state index is 13.5. The van der Waals surface area contributed by atoms with Crippen LogP contribution in [0.5, 0.6) is 5.88 Å². The summed E-state index contributed by atoms with van der Waals surface area (Å²) in [5.74, 6) is -0.117. The zero-order chi connectivity index (χ0) is 11.5. The third-order valence-corrected chi connectivity index (χ3v) is 2.11. The number of halogens is 1. The molecule has 0 amide bonds. The van der Waals surface area contributed by atoms with E-state index in [9.17, 15) is 9.18 Å². The van der Waals surface area contributed by atoms with E-state index < -0.39 is 5.82 Å². The third kappa shape index (κ3) is 1.67. The molecule has 4 nitrogen and oxygen atoms in total. The topological polar surface area (TPSA) is 44.1 Å². The molecule has 16 heavy (non-hydrogen) atoms. The van der Waals surface area contributed by atoms with Gasteiger partial charge >= 0.3 is 0 Å². The molecule has 0 spiro atoms. The Morgan fingerprint density at radius 3 is 2.81 bits per heavy atom. The largest absolute Gasteiger partial charge is 0.481 e. The second-order valence-electron chi connectivity index (χ2n) is 3.09. The number of benzene rings is 1. The molecule has 0 aliphatic heterocycles. The van der Waals surface area contributed by atoms with Gasteiger partial charge in [0.25, 0.3) is 0 Å². The van der Waals surface area contributed by atoms with Gasteiger partial charge in [0.15, 0.2) is 6.29 Å². The highest BCUT2D eigenvalue weighted by atomic mass is 19.1. The second-order valence-corrected chi connectivity index (χ2v) is 3.09. The lowest BCUT2D eigenvalue weighted by Gasteiger charge is -2.06. The van der Waals surface area contributed by atoms with Crippen LogP contribution < -0.4 is 4.74 Å². The van der Waals surface area contributed by atoms with E-state index in [1.54, 1.807) is 18.2 Å². The number of hydrogen-bond acceptors (Lipinski definition) is 3. The number of carbonyl (C=O) groups excluding carboxylic acids is 1. The minimum absolute atomic E-state index is 0.195. The molecule has 0 saturated heterocycles. The van der Waals surface area contributed by atoms with Crippen LogP contribution in [-0.4, -0.2) is 23.2 Å². The van der Waals surface area contributed by atoms with Crippen LogP contribution in [-0.2, 0) is 0 Å². The number of carbonyl (C=O) groups is 1. The average Bonchev–Trinajstić information content (AvgIpc) is 2.72. The van der Waals surface area contributed by atoms with Gasteiger partial charge in [-0.05, 0) is 12.1 Å². The first kappa shape index (κ1) is 10.4. The van der Waals surface area contributed by atoms with E-state index in [0.29, 0.717) is 12.2 Å². The standard InChI is InChI=1S/C11H9FN2O2/c1-16-11-6-8(7-15)13-14(11)10-5-3-2-4-9(10)12/h2-7H,1H3. The zero-order valence-corrected chi connectivity index (χ0v) is 8.55. The molecule has 0 aliphatic carbocycles. The van der Waals surface area contributed by atoms with Crippen LogP contribution in [0.3, 0.4) is 0 Å².